The lowest BCUT2D eigenvalue weighted by molar-refractivity contribution is 0.0926. The predicted molar refractivity (Wildman–Crippen MR) is 94.3 cm³/mol. The third-order valence-corrected chi connectivity index (χ3v) is 4.54. The van der Waals surface area contributed by atoms with Crippen LogP contribution in [0.4, 0.5) is 0 Å². The molecule has 0 saturated heterocycles. The van der Waals surface area contributed by atoms with Crippen LogP contribution in [0.5, 0.6) is 0 Å². The van der Waals surface area contributed by atoms with Gasteiger partial charge in [-0.3, -0.25) is 9.59 Å². The van der Waals surface area contributed by atoms with Crippen LogP contribution in [0.25, 0.3) is 11.0 Å². The molecule has 0 atom stereocenters. The van der Waals surface area contributed by atoms with Crippen molar-refractivity contribution in [3.05, 3.63) is 46.3 Å². The van der Waals surface area contributed by atoms with Crippen molar-refractivity contribution in [2.45, 2.75) is 44.6 Å². The van der Waals surface area contributed by atoms with Crippen LogP contribution in [0.15, 0.2) is 39.5 Å². The van der Waals surface area contributed by atoms with Crippen molar-refractivity contribution < 1.29 is 9.21 Å². The molecule has 0 unspecified atom stereocenters. The SMILES string of the molecule is O=C(NCCCNC1CCCCC1)c1cc(=O)c2ccccc2o1. The molecule has 1 saturated carbocycles. The average molecular weight is 328 g/mol. The van der Waals surface area contributed by atoms with E-state index in [1.54, 1.807) is 24.3 Å². The Balaban J connectivity index is 1.47. The highest BCUT2D eigenvalue weighted by Crippen LogP contribution is 2.17. The number of nitrogens with one attached hydrogen (secondary N) is 2. The molecule has 3 rings (SSSR count). The summed E-state index contributed by atoms with van der Waals surface area (Å²) in [5.74, 6) is -0.269. The number of carbonyl (C=O) groups excluding carboxylic acids is 1. The summed E-state index contributed by atoms with van der Waals surface area (Å²) in [6.07, 6.45) is 7.36. The molecule has 1 aromatic heterocycles. The van der Waals surface area contributed by atoms with Gasteiger partial charge in [-0.05, 0) is 37.9 Å². The molecule has 5 nitrogen and oxygen atoms in total. The average Bonchev–Trinajstić information content (AvgIpc) is 2.62. The van der Waals surface area contributed by atoms with E-state index in [1.165, 1.54) is 38.2 Å². The molecule has 24 heavy (non-hydrogen) atoms. The van der Waals surface area contributed by atoms with Crippen LogP contribution in [-0.4, -0.2) is 25.0 Å². The number of carbonyl (C=O) groups is 1. The van der Waals surface area contributed by atoms with Gasteiger partial charge in [0.1, 0.15) is 5.58 Å². The van der Waals surface area contributed by atoms with Gasteiger partial charge in [0.2, 0.25) is 0 Å². The van der Waals surface area contributed by atoms with Gasteiger partial charge in [0.15, 0.2) is 11.2 Å². The maximum Gasteiger partial charge on any atom is 0.287 e. The van der Waals surface area contributed by atoms with Gasteiger partial charge >= 0.3 is 0 Å². The molecule has 0 bridgehead atoms. The second-order valence-corrected chi connectivity index (χ2v) is 6.37. The van der Waals surface area contributed by atoms with E-state index in [-0.39, 0.29) is 17.1 Å². The van der Waals surface area contributed by atoms with E-state index in [9.17, 15) is 9.59 Å². The zero-order chi connectivity index (χ0) is 16.8. The van der Waals surface area contributed by atoms with Crippen molar-refractivity contribution in [1.82, 2.24) is 10.6 Å². The highest BCUT2D eigenvalue weighted by atomic mass is 16.3. The molecule has 1 fully saturated rings. The van der Waals surface area contributed by atoms with Gasteiger partial charge in [-0.1, -0.05) is 31.4 Å². The summed E-state index contributed by atoms with van der Waals surface area (Å²) in [5.41, 5.74) is 0.245. The smallest absolute Gasteiger partial charge is 0.287 e. The van der Waals surface area contributed by atoms with E-state index in [0.29, 0.717) is 23.6 Å². The van der Waals surface area contributed by atoms with Gasteiger partial charge in [-0.25, -0.2) is 0 Å². The fourth-order valence-corrected chi connectivity index (χ4v) is 3.21. The first-order valence-corrected chi connectivity index (χ1v) is 8.78. The summed E-state index contributed by atoms with van der Waals surface area (Å²) in [6.45, 7) is 1.46. The number of hydrogen-bond acceptors (Lipinski definition) is 4. The first-order chi connectivity index (χ1) is 11.7. The summed E-state index contributed by atoms with van der Waals surface area (Å²) < 4.78 is 5.53. The number of benzene rings is 1. The monoisotopic (exact) mass is 328 g/mol. The summed E-state index contributed by atoms with van der Waals surface area (Å²) >= 11 is 0. The van der Waals surface area contributed by atoms with Gasteiger partial charge in [0, 0.05) is 18.7 Å². The lowest BCUT2D eigenvalue weighted by Crippen LogP contribution is -2.34. The molecule has 0 aliphatic heterocycles. The lowest BCUT2D eigenvalue weighted by atomic mass is 9.95. The lowest BCUT2D eigenvalue weighted by Gasteiger charge is -2.22. The van der Waals surface area contributed by atoms with Crippen LogP contribution in [0.3, 0.4) is 0 Å². The fraction of sp³-hybridized carbons (Fsp3) is 0.474. The predicted octanol–water partition coefficient (Wildman–Crippen LogP) is 2.84. The quantitative estimate of drug-likeness (QED) is 0.800. The van der Waals surface area contributed by atoms with E-state index in [0.717, 1.165) is 13.0 Å². The molecule has 2 N–H and O–H groups in total. The topological polar surface area (TPSA) is 71.3 Å². The molecular formula is C19H24N2O3. The minimum absolute atomic E-state index is 0.0685. The Bertz CT molecular complexity index is 748. The zero-order valence-electron chi connectivity index (χ0n) is 13.8. The van der Waals surface area contributed by atoms with Crippen molar-refractivity contribution >= 4 is 16.9 Å². The Morgan fingerprint density at radius 3 is 2.75 bits per heavy atom. The van der Waals surface area contributed by atoms with Gasteiger partial charge < -0.3 is 15.1 Å². The highest BCUT2D eigenvalue weighted by Gasteiger charge is 2.13. The molecule has 1 amide bonds. The van der Waals surface area contributed by atoms with Crippen LogP contribution >= 0.6 is 0 Å². The molecule has 1 aromatic carbocycles. The summed E-state index contributed by atoms with van der Waals surface area (Å²) in [5, 5.41) is 6.85. The van der Waals surface area contributed by atoms with E-state index in [1.807, 2.05) is 0 Å². The summed E-state index contributed by atoms with van der Waals surface area (Å²) in [6, 6.07) is 8.84. The number of rotatable bonds is 6. The van der Waals surface area contributed by atoms with Crippen molar-refractivity contribution in [1.29, 1.82) is 0 Å². The minimum atomic E-state index is -0.337. The highest BCUT2D eigenvalue weighted by molar-refractivity contribution is 5.93. The normalized spacial score (nSPS) is 15.5. The van der Waals surface area contributed by atoms with E-state index in [2.05, 4.69) is 10.6 Å². The number of para-hydroxylation sites is 1. The molecule has 1 aliphatic carbocycles. The van der Waals surface area contributed by atoms with Gasteiger partial charge in [-0.15, -0.1) is 0 Å². The molecule has 0 spiro atoms. The third-order valence-electron chi connectivity index (χ3n) is 4.54. The molecule has 5 heteroatoms. The van der Waals surface area contributed by atoms with Crippen LogP contribution in [0.2, 0.25) is 0 Å². The second-order valence-electron chi connectivity index (χ2n) is 6.37. The standard InChI is InChI=1S/C19H24N2O3/c22-16-13-18(24-17-10-5-4-9-15(16)17)19(23)21-12-6-11-20-14-7-2-1-3-8-14/h4-5,9-10,13-14,20H,1-3,6-8,11-12H2,(H,21,23). The molecule has 1 aliphatic rings. The Hall–Kier alpha value is -2.14. The number of hydrogen-bond donors (Lipinski definition) is 2. The van der Waals surface area contributed by atoms with Crippen molar-refractivity contribution in [2.24, 2.45) is 0 Å². The first-order valence-electron chi connectivity index (χ1n) is 8.78. The molecule has 128 valence electrons. The van der Waals surface area contributed by atoms with E-state index < -0.39 is 0 Å². The van der Waals surface area contributed by atoms with Crippen LogP contribution in [0.1, 0.15) is 49.1 Å². The van der Waals surface area contributed by atoms with Gasteiger partial charge in [-0.2, -0.15) is 0 Å². The second kappa shape index (κ2) is 8.11. The van der Waals surface area contributed by atoms with Crippen molar-refractivity contribution in [2.75, 3.05) is 13.1 Å². The first kappa shape index (κ1) is 16.7. The van der Waals surface area contributed by atoms with Crippen LogP contribution in [-0.2, 0) is 0 Å². The van der Waals surface area contributed by atoms with Gasteiger partial charge in [0.25, 0.3) is 5.91 Å². The molecular weight excluding hydrogens is 304 g/mol. The fourth-order valence-electron chi connectivity index (χ4n) is 3.21. The Kier molecular flexibility index (Phi) is 5.64. The minimum Gasteiger partial charge on any atom is -0.451 e. The van der Waals surface area contributed by atoms with Crippen molar-refractivity contribution in [3.8, 4) is 0 Å². The maximum atomic E-state index is 12.1. The maximum absolute atomic E-state index is 12.1. The molecule has 2 aromatic rings. The Labute approximate surface area is 141 Å². The summed E-state index contributed by atoms with van der Waals surface area (Å²) in [4.78, 5) is 24.1. The molecule has 1 heterocycles. The van der Waals surface area contributed by atoms with E-state index in [4.69, 9.17) is 4.42 Å². The number of fused-ring (bicyclic) bond motifs is 1. The Morgan fingerprint density at radius 2 is 1.92 bits per heavy atom. The zero-order valence-corrected chi connectivity index (χ0v) is 13.8. The number of amides is 1. The Morgan fingerprint density at radius 1 is 1.12 bits per heavy atom. The van der Waals surface area contributed by atoms with Crippen molar-refractivity contribution in [3.63, 3.8) is 0 Å². The van der Waals surface area contributed by atoms with Crippen LogP contribution < -0.4 is 16.1 Å². The molecule has 0 radical (unpaired) electrons. The third kappa shape index (κ3) is 4.23. The largest absolute Gasteiger partial charge is 0.451 e. The van der Waals surface area contributed by atoms with Gasteiger partial charge in [0.05, 0.1) is 5.39 Å². The summed E-state index contributed by atoms with van der Waals surface area (Å²) in [7, 11) is 0. The van der Waals surface area contributed by atoms with Crippen LogP contribution in [0, 0.1) is 0 Å². The van der Waals surface area contributed by atoms with E-state index >= 15 is 0 Å².